The highest BCUT2D eigenvalue weighted by Gasteiger charge is 2.26. The molecule has 1 fully saturated rings. The average molecular weight is 316 g/mol. The van der Waals surface area contributed by atoms with Crippen molar-refractivity contribution in [3.05, 3.63) is 41.0 Å². The molecule has 2 aromatic rings. The molecule has 22 heavy (non-hydrogen) atoms. The van der Waals surface area contributed by atoms with E-state index in [4.69, 9.17) is 0 Å². The van der Waals surface area contributed by atoms with E-state index in [1.54, 1.807) is 29.9 Å². The van der Waals surface area contributed by atoms with Gasteiger partial charge < -0.3 is 10.2 Å². The van der Waals surface area contributed by atoms with Gasteiger partial charge in [-0.2, -0.15) is 0 Å². The fourth-order valence-electron chi connectivity index (χ4n) is 2.77. The van der Waals surface area contributed by atoms with Crippen LogP contribution in [0.25, 0.3) is 0 Å². The van der Waals surface area contributed by atoms with Crippen molar-refractivity contribution in [3.8, 4) is 0 Å². The largest absolute Gasteiger partial charge is 0.355 e. The number of hydrogen-bond donors (Lipinski definition) is 1. The lowest BCUT2D eigenvalue weighted by atomic mass is 9.95. The molecule has 1 amide bonds. The van der Waals surface area contributed by atoms with Gasteiger partial charge in [-0.3, -0.25) is 9.78 Å². The van der Waals surface area contributed by atoms with E-state index in [1.807, 2.05) is 18.4 Å². The Labute approximate surface area is 134 Å². The number of nitrogens with zero attached hydrogens (tertiary/aromatic N) is 3. The summed E-state index contributed by atoms with van der Waals surface area (Å²) in [6, 6.07) is 4.17. The first-order chi connectivity index (χ1) is 10.7. The molecule has 1 N–H and O–H groups in total. The number of nitrogens with one attached hydrogen (secondary N) is 1. The number of thiophene rings is 1. The highest BCUT2D eigenvalue weighted by molar-refractivity contribution is 7.10. The topological polar surface area (TPSA) is 58.1 Å². The number of piperidine rings is 1. The summed E-state index contributed by atoms with van der Waals surface area (Å²) in [5.74, 6) is 1.16. The lowest BCUT2D eigenvalue weighted by Gasteiger charge is -2.32. The van der Waals surface area contributed by atoms with E-state index in [0.717, 1.165) is 31.7 Å². The minimum absolute atomic E-state index is 0.0884. The second-order valence-electron chi connectivity index (χ2n) is 5.57. The second kappa shape index (κ2) is 6.87. The molecule has 2 aromatic heterocycles. The van der Waals surface area contributed by atoms with Crippen molar-refractivity contribution in [3.63, 3.8) is 0 Å². The first-order valence-corrected chi connectivity index (χ1v) is 8.47. The van der Waals surface area contributed by atoms with Gasteiger partial charge in [-0.1, -0.05) is 6.07 Å². The molecule has 0 aliphatic carbocycles. The van der Waals surface area contributed by atoms with Crippen LogP contribution in [0.3, 0.4) is 0 Å². The van der Waals surface area contributed by atoms with Crippen LogP contribution in [0.4, 0.5) is 5.82 Å². The lowest BCUT2D eigenvalue weighted by Crippen LogP contribution is -2.41. The van der Waals surface area contributed by atoms with Gasteiger partial charge in [0.1, 0.15) is 5.82 Å². The van der Waals surface area contributed by atoms with E-state index < -0.39 is 0 Å². The normalized spacial score (nSPS) is 17.2. The Morgan fingerprint density at radius 1 is 1.41 bits per heavy atom. The third kappa shape index (κ3) is 3.44. The average Bonchev–Trinajstić information content (AvgIpc) is 3.10. The standard InChI is InChI=1S/C16H20N4OS/c1-12(14-3-2-10-22-14)19-16(21)13-4-8-20(9-5-13)15-11-17-6-7-18-15/h2-3,6-7,10-13H,4-5,8-9H2,1H3,(H,19,21). The number of carbonyl (C=O) groups excluding carboxylic acids is 1. The van der Waals surface area contributed by atoms with Crippen molar-refractivity contribution < 1.29 is 4.79 Å². The zero-order chi connectivity index (χ0) is 15.4. The van der Waals surface area contributed by atoms with Gasteiger partial charge >= 0.3 is 0 Å². The number of aromatic nitrogens is 2. The Bertz CT molecular complexity index is 594. The molecular formula is C16H20N4OS. The van der Waals surface area contributed by atoms with E-state index in [-0.39, 0.29) is 17.9 Å². The maximum absolute atomic E-state index is 12.4. The molecule has 1 aliphatic heterocycles. The summed E-state index contributed by atoms with van der Waals surface area (Å²) in [6.07, 6.45) is 6.88. The van der Waals surface area contributed by atoms with Gasteiger partial charge in [-0.25, -0.2) is 4.98 Å². The van der Waals surface area contributed by atoms with E-state index in [9.17, 15) is 4.79 Å². The van der Waals surface area contributed by atoms with Gasteiger partial charge in [0.15, 0.2) is 0 Å². The fraction of sp³-hybridized carbons (Fsp3) is 0.438. The highest BCUT2D eigenvalue weighted by Crippen LogP contribution is 2.23. The summed E-state index contributed by atoms with van der Waals surface area (Å²) in [5.41, 5.74) is 0. The Kier molecular flexibility index (Phi) is 4.68. The molecule has 5 nitrogen and oxygen atoms in total. The van der Waals surface area contributed by atoms with Gasteiger partial charge in [0.05, 0.1) is 12.2 Å². The van der Waals surface area contributed by atoms with Crippen molar-refractivity contribution >= 4 is 23.1 Å². The Balaban J connectivity index is 1.52. The molecule has 116 valence electrons. The van der Waals surface area contributed by atoms with Crippen molar-refractivity contribution in [2.75, 3.05) is 18.0 Å². The van der Waals surface area contributed by atoms with E-state index in [0.29, 0.717) is 0 Å². The van der Waals surface area contributed by atoms with Gasteiger partial charge in [-0.05, 0) is 31.2 Å². The van der Waals surface area contributed by atoms with Crippen molar-refractivity contribution in [1.82, 2.24) is 15.3 Å². The molecule has 3 heterocycles. The molecule has 1 saturated heterocycles. The van der Waals surface area contributed by atoms with Crippen LogP contribution < -0.4 is 10.2 Å². The van der Waals surface area contributed by atoms with Crippen LogP contribution in [0.2, 0.25) is 0 Å². The van der Waals surface area contributed by atoms with Crippen LogP contribution in [0, 0.1) is 5.92 Å². The zero-order valence-corrected chi connectivity index (χ0v) is 13.4. The van der Waals surface area contributed by atoms with Crippen molar-refractivity contribution in [2.45, 2.75) is 25.8 Å². The second-order valence-corrected chi connectivity index (χ2v) is 6.55. The van der Waals surface area contributed by atoms with Gasteiger partial charge in [0.2, 0.25) is 5.91 Å². The molecule has 1 atom stereocenters. The van der Waals surface area contributed by atoms with E-state index in [2.05, 4.69) is 26.3 Å². The summed E-state index contributed by atoms with van der Waals surface area (Å²) < 4.78 is 0. The highest BCUT2D eigenvalue weighted by atomic mass is 32.1. The third-order valence-corrected chi connectivity index (χ3v) is 5.12. The smallest absolute Gasteiger partial charge is 0.223 e. The van der Waals surface area contributed by atoms with Crippen LogP contribution in [0.1, 0.15) is 30.7 Å². The molecular weight excluding hydrogens is 296 g/mol. The summed E-state index contributed by atoms with van der Waals surface area (Å²) in [6.45, 7) is 3.74. The predicted octanol–water partition coefficient (Wildman–Crippen LogP) is 2.63. The Morgan fingerprint density at radius 3 is 2.86 bits per heavy atom. The van der Waals surface area contributed by atoms with Gasteiger partial charge in [0, 0.05) is 36.3 Å². The van der Waals surface area contributed by atoms with E-state index >= 15 is 0 Å². The zero-order valence-electron chi connectivity index (χ0n) is 12.6. The first-order valence-electron chi connectivity index (χ1n) is 7.59. The summed E-state index contributed by atoms with van der Waals surface area (Å²) >= 11 is 1.68. The van der Waals surface area contributed by atoms with Crippen molar-refractivity contribution in [1.29, 1.82) is 0 Å². The molecule has 0 spiro atoms. The minimum atomic E-state index is 0.0884. The molecule has 3 rings (SSSR count). The van der Waals surface area contributed by atoms with Crippen LogP contribution in [-0.4, -0.2) is 29.0 Å². The molecule has 0 aromatic carbocycles. The van der Waals surface area contributed by atoms with Crippen LogP contribution >= 0.6 is 11.3 Å². The van der Waals surface area contributed by atoms with Crippen LogP contribution in [-0.2, 0) is 4.79 Å². The monoisotopic (exact) mass is 316 g/mol. The molecule has 1 aliphatic rings. The van der Waals surface area contributed by atoms with Crippen LogP contribution in [0.5, 0.6) is 0 Å². The Hall–Kier alpha value is -1.95. The van der Waals surface area contributed by atoms with Crippen molar-refractivity contribution in [2.24, 2.45) is 5.92 Å². The third-order valence-electron chi connectivity index (χ3n) is 4.07. The van der Waals surface area contributed by atoms with E-state index in [1.165, 1.54) is 4.88 Å². The quantitative estimate of drug-likeness (QED) is 0.942. The van der Waals surface area contributed by atoms with Gasteiger partial charge in [-0.15, -0.1) is 11.3 Å². The summed E-state index contributed by atoms with van der Waals surface area (Å²) in [5, 5.41) is 5.17. The number of anilines is 1. The lowest BCUT2D eigenvalue weighted by molar-refractivity contribution is -0.126. The fourth-order valence-corrected chi connectivity index (χ4v) is 3.50. The maximum Gasteiger partial charge on any atom is 0.223 e. The van der Waals surface area contributed by atoms with Crippen LogP contribution in [0.15, 0.2) is 36.1 Å². The maximum atomic E-state index is 12.4. The molecule has 0 bridgehead atoms. The number of rotatable bonds is 4. The molecule has 0 saturated carbocycles. The summed E-state index contributed by atoms with van der Waals surface area (Å²) in [4.78, 5) is 24.2. The molecule has 6 heteroatoms. The number of carbonyl (C=O) groups is 1. The predicted molar refractivity (Wildman–Crippen MR) is 87.8 cm³/mol. The number of amides is 1. The minimum Gasteiger partial charge on any atom is -0.355 e. The molecule has 1 unspecified atom stereocenters. The first kappa shape index (κ1) is 15.0. The Morgan fingerprint density at radius 2 is 2.23 bits per heavy atom. The number of hydrogen-bond acceptors (Lipinski definition) is 5. The van der Waals surface area contributed by atoms with Gasteiger partial charge in [0.25, 0.3) is 0 Å². The summed E-state index contributed by atoms with van der Waals surface area (Å²) in [7, 11) is 0. The molecule has 0 radical (unpaired) electrons. The SMILES string of the molecule is CC(NC(=O)C1CCN(c2cnccn2)CC1)c1cccs1.